The van der Waals surface area contributed by atoms with Gasteiger partial charge in [0.15, 0.2) is 0 Å². The van der Waals surface area contributed by atoms with E-state index in [4.69, 9.17) is 0 Å². The Morgan fingerprint density at radius 1 is 1.21 bits per heavy atom. The first kappa shape index (κ1) is 26.6. The third kappa shape index (κ3) is 4.41. The Kier molecular flexibility index (Phi) is 7.29. The van der Waals surface area contributed by atoms with E-state index in [0.29, 0.717) is 65.7 Å². The highest BCUT2D eigenvalue weighted by Crippen LogP contribution is 2.50. The highest BCUT2D eigenvalue weighted by atomic mass is 19.1. The van der Waals surface area contributed by atoms with Crippen LogP contribution < -0.4 is 10.6 Å². The van der Waals surface area contributed by atoms with Gasteiger partial charge in [-0.1, -0.05) is 51.1 Å². The summed E-state index contributed by atoms with van der Waals surface area (Å²) in [7, 11) is 0. The van der Waals surface area contributed by atoms with Crippen LogP contribution in [0.2, 0.25) is 0 Å². The number of piperidine rings is 1. The highest BCUT2D eigenvalue weighted by molar-refractivity contribution is 6.06. The van der Waals surface area contributed by atoms with Gasteiger partial charge in [-0.2, -0.15) is 5.26 Å². The lowest BCUT2D eigenvalue weighted by Crippen LogP contribution is -2.46. The molecule has 5 rings (SSSR count). The fourth-order valence-electron chi connectivity index (χ4n) is 6.27. The van der Waals surface area contributed by atoms with Gasteiger partial charge in [-0.15, -0.1) is 0 Å². The van der Waals surface area contributed by atoms with Gasteiger partial charge >= 0.3 is 0 Å². The number of nitrogens with one attached hydrogen (secondary N) is 2. The van der Waals surface area contributed by atoms with Crippen LogP contribution in [0.4, 0.5) is 4.39 Å². The van der Waals surface area contributed by atoms with E-state index in [0.717, 1.165) is 34.9 Å². The molecular weight excluding hydrogens is 489 g/mol. The molecule has 2 heterocycles. The number of benzene rings is 3. The molecule has 3 aromatic rings. The number of aromatic hydroxyl groups is 1. The lowest BCUT2D eigenvalue weighted by molar-refractivity contribution is -0.126. The Hall–Kier alpha value is -3.95. The molecule has 200 valence electrons. The smallest absolute Gasteiger partial charge is 0.236 e. The summed E-state index contributed by atoms with van der Waals surface area (Å²) in [5.41, 5.74) is 4.07. The number of rotatable bonds is 7. The number of phenols is 1. The standard InChI is InChI=1S/C33H34FN3O2/c1-4-9-25-27(29-31(20(3)5-2)37-32(39)33(29)13-8-15-36-19-33)17-22(12-14-35)28(30(25)34)26-18-23(38)16-21-10-6-7-11-24(21)26/h6-7,10-11,16-18,36,38H,3-5,8-9,12-13,15,19H2,1-2H3,(H,37,39). The molecule has 0 aromatic heterocycles. The first-order valence-electron chi connectivity index (χ1n) is 13.7. The summed E-state index contributed by atoms with van der Waals surface area (Å²) in [4.78, 5) is 13.6. The number of amides is 1. The van der Waals surface area contributed by atoms with Gasteiger partial charge in [-0.3, -0.25) is 4.79 Å². The Morgan fingerprint density at radius 2 is 2.00 bits per heavy atom. The molecule has 39 heavy (non-hydrogen) atoms. The number of phenolic OH excluding ortho intramolecular Hbond substituents is 1. The SMILES string of the molecule is C=C(CC)C1=C(c2cc(CC#N)c(-c3cc(O)cc4ccccc34)c(F)c2CCC)C2(CCCNC2)C(=O)N1. The van der Waals surface area contributed by atoms with Crippen LogP contribution in [0.15, 0.2) is 60.3 Å². The average molecular weight is 524 g/mol. The predicted molar refractivity (Wildman–Crippen MR) is 153 cm³/mol. The molecule has 1 fully saturated rings. The molecule has 3 aromatic carbocycles. The Morgan fingerprint density at radius 3 is 2.69 bits per heavy atom. The minimum atomic E-state index is -0.830. The van der Waals surface area contributed by atoms with Gasteiger partial charge in [-0.05, 0) is 89.0 Å². The number of halogens is 1. The fraction of sp³-hybridized carbons (Fsp3) is 0.333. The van der Waals surface area contributed by atoms with Crippen LogP contribution in [-0.2, 0) is 17.6 Å². The zero-order valence-corrected chi connectivity index (χ0v) is 22.6. The first-order valence-corrected chi connectivity index (χ1v) is 13.7. The fourth-order valence-corrected chi connectivity index (χ4v) is 6.27. The molecule has 1 saturated heterocycles. The molecule has 1 atom stereocenters. The zero-order chi connectivity index (χ0) is 27.7. The van der Waals surface area contributed by atoms with E-state index in [1.807, 2.05) is 44.2 Å². The number of fused-ring (bicyclic) bond motifs is 1. The van der Waals surface area contributed by atoms with E-state index in [-0.39, 0.29) is 18.1 Å². The third-order valence-corrected chi connectivity index (χ3v) is 8.17. The van der Waals surface area contributed by atoms with E-state index in [9.17, 15) is 15.2 Å². The average Bonchev–Trinajstić information content (AvgIpc) is 3.20. The molecular formula is C33H34FN3O2. The van der Waals surface area contributed by atoms with Gasteiger partial charge in [0, 0.05) is 23.4 Å². The Balaban J connectivity index is 1.87. The molecule has 0 radical (unpaired) electrons. The maximum atomic E-state index is 17.0. The van der Waals surface area contributed by atoms with Gasteiger partial charge in [0.05, 0.1) is 17.9 Å². The quantitative estimate of drug-likeness (QED) is 0.328. The van der Waals surface area contributed by atoms with Crippen molar-refractivity contribution >= 4 is 22.3 Å². The maximum Gasteiger partial charge on any atom is 0.236 e. The van der Waals surface area contributed by atoms with Crippen LogP contribution in [-0.4, -0.2) is 24.1 Å². The van der Waals surface area contributed by atoms with Gasteiger partial charge in [-0.25, -0.2) is 4.39 Å². The summed E-state index contributed by atoms with van der Waals surface area (Å²) in [6, 6.07) is 14.9. The molecule has 6 heteroatoms. The molecule has 2 aliphatic rings. The van der Waals surface area contributed by atoms with E-state index in [2.05, 4.69) is 23.3 Å². The number of carbonyl (C=O) groups is 1. The molecule has 3 N–H and O–H groups in total. The van der Waals surface area contributed by atoms with Crippen LogP contribution in [0.5, 0.6) is 5.75 Å². The summed E-state index contributed by atoms with van der Waals surface area (Å²) in [6.07, 6.45) is 3.27. The number of allylic oxidation sites excluding steroid dienone is 1. The van der Waals surface area contributed by atoms with Crippen molar-refractivity contribution in [1.82, 2.24) is 10.6 Å². The molecule has 5 nitrogen and oxygen atoms in total. The number of hydrogen-bond acceptors (Lipinski definition) is 4. The van der Waals surface area contributed by atoms with Gasteiger partial charge in [0.2, 0.25) is 5.91 Å². The van der Waals surface area contributed by atoms with E-state index >= 15 is 4.39 Å². The van der Waals surface area contributed by atoms with Crippen molar-refractivity contribution in [3.8, 4) is 22.9 Å². The van der Waals surface area contributed by atoms with Crippen LogP contribution in [0.3, 0.4) is 0 Å². The molecule has 0 bridgehead atoms. The van der Waals surface area contributed by atoms with Crippen molar-refractivity contribution < 1.29 is 14.3 Å². The van der Waals surface area contributed by atoms with Crippen LogP contribution in [0, 0.1) is 22.6 Å². The highest BCUT2D eigenvalue weighted by Gasteiger charge is 2.50. The summed E-state index contributed by atoms with van der Waals surface area (Å²) >= 11 is 0. The first-order chi connectivity index (χ1) is 18.9. The summed E-state index contributed by atoms with van der Waals surface area (Å²) in [5.74, 6) is -0.446. The minimum absolute atomic E-state index is 0.0143. The van der Waals surface area contributed by atoms with Crippen LogP contribution in [0.25, 0.3) is 27.5 Å². The number of nitriles is 1. The number of hydrogen-bond donors (Lipinski definition) is 3. The van der Waals surface area contributed by atoms with Gasteiger partial charge in [0.1, 0.15) is 11.6 Å². The second-order valence-electron chi connectivity index (χ2n) is 10.6. The van der Waals surface area contributed by atoms with Crippen molar-refractivity contribution in [3.05, 3.63) is 82.8 Å². The second kappa shape index (κ2) is 10.7. The monoisotopic (exact) mass is 523 g/mol. The summed E-state index contributed by atoms with van der Waals surface area (Å²) in [5, 5.41) is 28.5. The molecule has 1 amide bonds. The zero-order valence-electron chi connectivity index (χ0n) is 22.6. The van der Waals surface area contributed by atoms with Crippen LogP contribution >= 0.6 is 0 Å². The van der Waals surface area contributed by atoms with Crippen LogP contribution in [0.1, 0.15) is 56.2 Å². The van der Waals surface area contributed by atoms with Gasteiger partial charge < -0.3 is 15.7 Å². The predicted octanol–water partition coefficient (Wildman–Crippen LogP) is 6.55. The topological polar surface area (TPSA) is 85.2 Å². The molecule has 1 spiro atoms. The molecule has 2 aliphatic heterocycles. The lowest BCUT2D eigenvalue weighted by Gasteiger charge is -2.35. The lowest BCUT2D eigenvalue weighted by atomic mass is 9.70. The summed E-state index contributed by atoms with van der Waals surface area (Å²) < 4.78 is 17.0. The largest absolute Gasteiger partial charge is 0.508 e. The number of nitrogens with zero attached hydrogens (tertiary/aromatic N) is 1. The Labute approximate surface area is 229 Å². The minimum Gasteiger partial charge on any atom is -0.508 e. The molecule has 0 saturated carbocycles. The molecule has 1 unspecified atom stereocenters. The Bertz CT molecular complexity index is 1560. The van der Waals surface area contributed by atoms with Crippen molar-refractivity contribution in [1.29, 1.82) is 5.26 Å². The van der Waals surface area contributed by atoms with Crippen molar-refractivity contribution in [2.24, 2.45) is 5.41 Å². The maximum absolute atomic E-state index is 17.0. The van der Waals surface area contributed by atoms with E-state index in [1.54, 1.807) is 12.1 Å². The molecule has 0 aliphatic carbocycles. The van der Waals surface area contributed by atoms with Crippen molar-refractivity contribution in [2.75, 3.05) is 13.1 Å². The van der Waals surface area contributed by atoms with E-state index < -0.39 is 11.2 Å². The van der Waals surface area contributed by atoms with Gasteiger partial charge in [0.25, 0.3) is 0 Å². The normalized spacial score (nSPS) is 19.0. The number of carbonyl (C=O) groups excluding carboxylic acids is 1. The van der Waals surface area contributed by atoms with Crippen molar-refractivity contribution in [3.63, 3.8) is 0 Å². The third-order valence-electron chi connectivity index (χ3n) is 8.17. The van der Waals surface area contributed by atoms with E-state index in [1.165, 1.54) is 0 Å². The summed E-state index contributed by atoms with van der Waals surface area (Å²) in [6.45, 7) is 9.53. The second-order valence-corrected chi connectivity index (χ2v) is 10.6. The van der Waals surface area contributed by atoms with Crippen molar-refractivity contribution in [2.45, 2.75) is 52.4 Å².